The molecule has 2 aliphatic heterocycles. The number of aliphatic hydroxyl groups is 1. The van der Waals surface area contributed by atoms with E-state index in [1.54, 1.807) is 44.4 Å². The molecule has 0 radical (unpaired) electrons. The predicted molar refractivity (Wildman–Crippen MR) is 121 cm³/mol. The molecule has 0 unspecified atom stereocenters. The van der Waals surface area contributed by atoms with Gasteiger partial charge >= 0.3 is 0 Å². The summed E-state index contributed by atoms with van der Waals surface area (Å²) in [6, 6.07) is 11.3. The second kappa shape index (κ2) is 9.20. The predicted octanol–water partition coefficient (Wildman–Crippen LogP) is 1.97. The molecule has 2 aromatic rings. The van der Waals surface area contributed by atoms with Gasteiger partial charge in [-0.05, 0) is 36.8 Å². The summed E-state index contributed by atoms with van der Waals surface area (Å²) in [6.45, 7) is -0.239. The minimum Gasteiger partial charge on any atom is -0.497 e. The third-order valence-electron chi connectivity index (χ3n) is 6.00. The zero-order valence-electron chi connectivity index (χ0n) is 18.7. The monoisotopic (exact) mass is 476 g/mol. The number of aliphatic hydroxyl groups excluding tert-OH is 1. The number of amides is 1. The van der Waals surface area contributed by atoms with Gasteiger partial charge in [-0.2, -0.15) is 0 Å². The maximum atomic E-state index is 12.9. The molecule has 1 saturated heterocycles. The summed E-state index contributed by atoms with van der Waals surface area (Å²) in [6.07, 6.45) is -0.622. The van der Waals surface area contributed by atoms with Crippen molar-refractivity contribution in [1.29, 1.82) is 0 Å². The Kier molecular flexibility index (Phi) is 6.51. The van der Waals surface area contributed by atoms with Crippen molar-refractivity contribution in [3.8, 4) is 11.5 Å². The smallest absolute Gasteiger partial charge is 0.262 e. The van der Waals surface area contributed by atoms with Gasteiger partial charge in [-0.15, -0.1) is 0 Å². The number of fused-ring (bicyclic) bond motifs is 3. The maximum absolute atomic E-state index is 12.9. The van der Waals surface area contributed by atoms with Crippen LogP contribution in [0.25, 0.3) is 0 Å². The van der Waals surface area contributed by atoms with Crippen LogP contribution >= 0.6 is 0 Å². The fraction of sp³-hybridized carbons (Fsp3) is 0.435. The molecule has 0 bridgehead atoms. The van der Waals surface area contributed by atoms with Gasteiger partial charge in [-0.3, -0.25) is 9.52 Å². The van der Waals surface area contributed by atoms with Crippen molar-refractivity contribution in [2.45, 2.75) is 42.0 Å². The van der Waals surface area contributed by atoms with Crippen LogP contribution in [0.2, 0.25) is 0 Å². The molecule has 178 valence electrons. The van der Waals surface area contributed by atoms with Gasteiger partial charge in [0, 0.05) is 37.3 Å². The number of rotatable bonds is 7. The lowest BCUT2D eigenvalue weighted by Crippen LogP contribution is -2.47. The van der Waals surface area contributed by atoms with Crippen molar-refractivity contribution in [2.75, 3.05) is 32.5 Å². The molecule has 4 atom stereocenters. The number of methoxy groups -OCH3 is 1. The topological polar surface area (TPSA) is 114 Å². The Balaban J connectivity index is 1.58. The number of carbonyl (C=O) groups excluding carboxylic acids is 1. The van der Waals surface area contributed by atoms with Crippen molar-refractivity contribution in [3.63, 3.8) is 0 Å². The molecule has 2 heterocycles. The molecule has 4 rings (SSSR count). The Hall–Kier alpha value is -2.82. The van der Waals surface area contributed by atoms with Crippen LogP contribution in [0.3, 0.4) is 0 Å². The quantitative estimate of drug-likeness (QED) is 0.628. The normalized spacial score (nSPS) is 23.8. The number of anilines is 1. The largest absolute Gasteiger partial charge is 0.497 e. The summed E-state index contributed by atoms with van der Waals surface area (Å²) in [4.78, 5) is 13.8. The molecule has 2 aliphatic rings. The minimum absolute atomic E-state index is 0.0610. The Morgan fingerprint density at radius 2 is 2.03 bits per heavy atom. The van der Waals surface area contributed by atoms with Gasteiger partial charge < -0.3 is 24.2 Å². The number of nitrogens with zero attached hydrogens (tertiary/aromatic N) is 1. The van der Waals surface area contributed by atoms with Crippen LogP contribution in [-0.4, -0.2) is 70.5 Å². The van der Waals surface area contributed by atoms with Crippen molar-refractivity contribution in [2.24, 2.45) is 0 Å². The zero-order valence-corrected chi connectivity index (χ0v) is 19.5. The summed E-state index contributed by atoms with van der Waals surface area (Å²) in [5.74, 6) is 0.871. The SMILES string of the molecule is COc1cccc(S(=O)(=O)Nc2ccc3c(c2)[C@H]2C[C@@H](CC(=O)N(C)C)O[C@H](CO)[C@H]2O3)c1. The standard InChI is InChI=1S/C23H28N2O7S/c1-25(2)22(27)12-16-11-19-18-9-14(7-8-20(18)32-23(19)21(13-26)31-16)24-33(28,29)17-6-4-5-15(10-17)30-3/h4-10,16,19,21,23-24,26H,11-13H2,1-3H3/t16-,19+,21+,23-/m0/s1. The van der Waals surface area contributed by atoms with Crippen molar-refractivity contribution in [3.05, 3.63) is 48.0 Å². The van der Waals surface area contributed by atoms with Crippen LogP contribution in [0.4, 0.5) is 5.69 Å². The van der Waals surface area contributed by atoms with Crippen LogP contribution in [-0.2, 0) is 19.6 Å². The second-order valence-electron chi connectivity index (χ2n) is 8.43. The van der Waals surface area contributed by atoms with E-state index >= 15 is 0 Å². The van der Waals surface area contributed by atoms with Crippen LogP contribution in [0.5, 0.6) is 11.5 Å². The first-order valence-corrected chi connectivity index (χ1v) is 12.1. The highest BCUT2D eigenvalue weighted by atomic mass is 32.2. The van der Waals surface area contributed by atoms with Crippen LogP contribution in [0, 0.1) is 0 Å². The van der Waals surface area contributed by atoms with E-state index in [4.69, 9.17) is 14.2 Å². The van der Waals surface area contributed by atoms with Gasteiger partial charge in [0.2, 0.25) is 5.91 Å². The van der Waals surface area contributed by atoms with Gasteiger partial charge in [0.15, 0.2) is 0 Å². The molecule has 9 nitrogen and oxygen atoms in total. The zero-order chi connectivity index (χ0) is 23.8. The second-order valence-corrected chi connectivity index (χ2v) is 10.1. The van der Waals surface area contributed by atoms with E-state index in [0.717, 1.165) is 5.56 Å². The van der Waals surface area contributed by atoms with E-state index in [2.05, 4.69) is 4.72 Å². The maximum Gasteiger partial charge on any atom is 0.262 e. The summed E-state index contributed by atoms with van der Waals surface area (Å²) in [5.41, 5.74) is 1.23. The lowest BCUT2D eigenvalue weighted by atomic mass is 9.84. The molecule has 2 aromatic carbocycles. The number of nitrogens with one attached hydrogen (secondary N) is 1. The lowest BCUT2D eigenvalue weighted by molar-refractivity contribution is -0.147. The van der Waals surface area contributed by atoms with Gasteiger partial charge in [0.05, 0.1) is 31.1 Å². The van der Waals surface area contributed by atoms with Crippen molar-refractivity contribution in [1.82, 2.24) is 4.90 Å². The Morgan fingerprint density at radius 1 is 1.24 bits per heavy atom. The number of ether oxygens (including phenoxy) is 3. The molecule has 1 fully saturated rings. The highest BCUT2D eigenvalue weighted by Gasteiger charge is 2.46. The fourth-order valence-corrected chi connectivity index (χ4v) is 5.40. The molecule has 0 spiro atoms. The highest BCUT2D eigenvalue weighted by molar-refractivity contribution is 7.92. The molecule has 10 heteroatoms. The van der Waals surface area contributed by atoms with E-state index < -0.39 is 22.2 Å². The molecular formula is C23H28N2O7S. The Morgan fingerprint density at radius 3 is 2.73 bits per heavy atom. The van der Waals surface area contributed by atoms with E-state index in [-0.39, 0.29) is 35.9 Å². The fourth-order valence-electron chi connectivity index (χ4n) is 4.31. The number of carbonyl (C=O) groups is 1. The number of sulfonamides is 1. The first-order valence-electron chi connectivity index (χ1n) is 10.7. The molecule has 1 amide bonds. The first kappa shape index (κ1) is 23.3. The van der Waals surface area contributed by atoms with Gasteiger partial charge in [0.1, 0.15) is 23.7 Å². The third-order valence-corrected chi connectivity index (χ3v) is 7.38. The summed E-state index contributed by atoms with van der Waals surface area (Å²) in [5, 5.41) is 9.85. The van der Waals surface area contributed by atoms with Crippen molar-refractivity contribution < 1.29 is 32.5 Å². The van der Waals surface area contributed by atoms with Crippen molar-refractivity contribution >= 4 is 21.6 Å². The van der Waals surface area contributed by atoms with E-state index in [1.807, 2.05) is 0 Å². The number of hydrogen-bond acceptors (Lipinski definition) is 7. The summed E-state index contributed by atoms with van der Waals surface area (Å²) >= 11 is 0. The molecule has 0 saturated carbocycles. The lowest BCUT2D eigenvalue weighted by Gasteiger charge is -2.37. The molecule has 2 N–H and O–H groups in total. The Labute approximate surface area is 193 Å². The third kappa shape index (κ3) is 4.78. The average Bonchev–Trinajstić information content (AvgIpc) is 3.16. The molecule has 0 aromatic heterocycles. The first-order chi connectivity index (χ1) is 15.7. The number of hydrogen-bond donors (Lipinski definition) is 2. The summed E-state index contributed by atoms with van der Waals surface area (Å²) < 4.78 is 45.5. The average molecular weight is 477 g/mol. The van der Waals surface area contributed by atoms with Gasteiger partial charge in [-0.1, -0.05) is 6.07 Å². The number of benzene rings is 2. The molecule has 33 heavy (non-hydrogen) atoms. The van der Waals surface area contributed by atoms with Gasteiger partial charge in [0.25, 0.3) is 10.0 Å². The van der Waals surface area contributed by atoms with Crippen LogP contribution in [0.1, 0.15) is 24.3 Å². The molecular weight excluding hydrogens is 448 g/mol. The summed E-state index contributed by atoms with van der Waals surface area (Å²) in [7, 11) is 1.02. The highest BCUT2D eigenvalue weighted by Crippen LogP contribution is 2.47. The minimum atomic E-state index is -3.83. The Bertz CT molecular complexity index is 1140. The van der Waals surface area contributed by atoms with Crippen LogP contribution < -0.4 is 14.2 Å². The van der Waals surface area contributed by atoms with Crippen LogP contribution in [0.15, 0.2) is 47.4 Å². The van der Waals surface area contributed by atoms with E-state index in [9.17, 15) is 18.3 Å². The van der Waals surface area contributed by atoms with E-state index in [0.29, 0.717) is 23.6 Å². The van der Waals surface area contributed by atoms with E-state index in [1.165, 1.54) is 24.1 Å². The molecule has 0 aliphatic carbocycles. The van der Waals surface area contributed by atoms with Gasteiger partial charge in [-0.25, -0.2) is 8.42 Å².